The minimum atomic E-state index is -3.71. The van der Waals surface area contributed by atoms with Gasteiger partial charge in [-0.05, 0) is 18.6 Å². The summed E-state index contributed by atoms with van der Waals surface area (Å²) in [6.07, 6.45) is 0. The fourth-order valence-corrected chi connectivity index (χ4v) is 3.57. The van der Waals surface area contributed by atoms with Crippen LogP contribution in [0.5, 0.6) is 0 Å². The molecule has 0 spiro atoms. The zero-order valence-corrected chi connectivity index (χ0v) is 13.5. The monoisotopic (exact) mass is 329 g/mol. The molecule has 9 heteroatoms. The summed E-state index contributed by atoms with van der Waals surface area (Å²) in [6, 6.07) is 4.94. The molecule has 1 aromatic heterocycles. The summed E-state index contributed by atoms with van der Waals surface area (Å²) in [5.41, 5.74) is 0.585. The van der Waals surface area contributed by atoms with Crippen LogP contribution < -0.4 is 9.62 Å². The molecule has 21 heavy (non-hydrogen) atoms. The van der Waals surface area contributed by atoms with Crippen molar-refractivity contribution in [2.24, 2.45) is 0 Å². The Labute approximate surface area is 128 Å². The Hall–Kier alpha value is -1.64. The molecule has 0 bridgehead atoms. The normalized spacial score (nSPS) is 11.6. The number of aromatic amines is 1. The summed E-state index contributed by atoms with van der Waals surface area (Å²) in [5.74, 6) is 0.908. The number of anilines is 1. The SMILES string of the molecule is Cc1cccc(Cl)c1S(=O)(=O)NCc1nc(N(C)C)n[nH]1. The van der Waals surface area contributed by atoms with Gasteiger partial charge >= 0.3 is 0 Å². The lowest BCUT2D eigenvalue weighted by Gasteiger charge is -2.09. The average molecular weight is 330 g/mol. The summed E-state index contributed by atoms with van der Waals surface area (Å²) < 4.78 is 27.1. The first-order chi connectivity index (χ1) is 9.81. The number of hydrogen-bond donors (Lipinski definition) is 2. The third-order valence-electron chi connectivity index (χ3n) is 2.78. The van der Waals surface area contributed by atoms with E-state index in [-0.39, 0.29) is 16.5 Å². The molecule has 1 aromatic carbocycles. The highest BCUT2D eigenvalue weighted by molar-refractivity contribution is 7.89. The van der Waals surface area contributed by atoms with Gasteiger partial charge < -0.3 is 4.90 Å². The van der Waals surface area contributed by atoms with E-state index in [0.29, 0.717) is 17.3 Å². The van der Waals surface area contributed by atoms with Crippen molar-refractivity contribution < 1.29 is 8.42 Å². The van der Waals surface area contributed by atoms with E-state index in [1.54, 1.807) is 44.1 Å². The molecule has 0 saturated carbocycles. The van der Waals surface area contributed by atoms with Crippen molar-refractivity contribution in [1.82, 2.24) is 19.9 Å². The van der Waals surface area contributed by atoms with Crippen LogP contribution in [0.15, 0.2) is 23.1 Å². The summed E-state index contributed by atoms with van der Waals surface area (Å²) in [6.45, 7) is 1.70. The molecule has 114 valence electrons. The lowest BCUT2D eigenvalue weighted by molar-refractivity contribution is 0.579. The number of halogens is 1. The molecule has 2 N–H and O–H groups in total. The van der Waals surface area contributed by atoms with Gasteiger partial charge in [0, 0.05) is 14.1 Å². The third-order valence-corrected chi connectivity index (χ3v) is 4.81. The molecule has 0 aliphatic carbocycles. The standard InChI is InChI=1S/C12H16ClN5O2S/c1-8-5-4-6-9(13)11(8)21(19,20)14-7-10-15-12(17-16-10)18(2)3/h4-6,14H,7H2,1-3H3,(H,15,16,17). The smallest absolute Gasteiger partial charge is 0.244 e. The maximum absolute atomic E-state index is 12.3. The largest absolute Gasteiger partial charge is 0.346 e. The predicted molar refractivity (Wildman–Crippen MR) is 80.9 cm³/mol. The van der Waals surface area contributed by atoms with E-state index in [0.717, 1.165) is 0 Å². The first-order valence-electron chi connectivity index (χ1n) is 6.14. The van der Waals surface area contributed by atoms with E-state index in [1.807, 2.05) is 0 Å². The molecule has 0 saturated heterocycles. The molecule has 0 unspecified atom stereocenters. The Morgan fingerprint density at radius 2 is 2.10 bits per heavy atom. The fourth-order valence-electron chi connectivity index (χ4n) is 1.76. The van der Waals surface area contributed by atoms with Crippen LogP contribution in [-0.2, 0) is 16.6 Å². The molecule has 1 heterocycles. The van der Waals surface area contributed by atoms with Crippen molar-refractivity contribution in [3.63, 3.8) is 0 Å². The Kier molecular flexibility index (Phi) is 4.50. The molecule has 0 aliphatic heterocycles. The Bertz CT molecular complexity index is 722. The van der Waals surface area contributed by atoms with E-state index in [9.17, 15) is 8.42 Å². The highest BCUT2D eigenvalue weighted by atomic mass is 35.5. The molecule has 0 aliphatic rings. The molecular weight excluding hydrogens is 314 g/mol. The minimum Gasteiger partial charge on any atom is -0.346 e. The number of benzene rings is 1. The number of nitrogens with zero attached hydrogens (tertiary/aromatic N) is 3. The van der Waals surface area contributed by atoms with Crippen LogP contribution in [0.2, 0.25) is 5.02 Å². The van der Waals surface area contributed by atoms with Gasteiger partial charge in [0.1, 0.15) is 10.7 Å². The Morgan fingerprint density at radius 3 is 2.67 bits per heavy atom. The van der Waals surface area contributed by atoms with Crippen LogP contribution in [0.4, 0.5) is 5.95 Å². The van der Waals surface area contributed by atoms with Gasteiger partial charge in [0.15, 0.2) is 0 Å². The van der Waals surface area contributed by atoms with Gasteiger partial charge in [0.25, 0.3) is 0 Å². The zero-order chi connectivity index (χ0) is 15.6. The first kappa shape index (κ1) is 15.7. The third kappa shape index (κ3) is 3.52. The van der Waals surface area contributed by atoms with Gasteiger partial charge in [-0.25, -0.2) is 13.1 Å². The van der Waals surface area contributed by atoms with Gasteiger partial charge in [0.2, 0.25) is 16.0 Å². The van der Waals surface area contributed by atoms with Crippen LogP contribution in [0.1, 0.15) is 11.4 Å². The summed E-state index contributed by atoms with van der Waals surface area (Å²) in [7, 11) is -0.122. The number of nitrogens with one attached hydrogen (secondary N) is 2. The van der Waals surface area contributed by atoms with Crippen LogP contribution in [0.3, 0.4) is 0 Å². The highest BCUT2D eigenvalue weighted by Gasteiger charge is 2.20. The summed E-state index contributed by atoms with van der Waals surface area (Å²) >= 11 is 5.98. The second-order valence-electron chi connectivity index (χ2n) is 4.69. The molecule has 0 amide bonds. The van der Waals surface area contributed by atoms with Crippen molar-refractivity contribution >= 4 is 27.6 Å². The molecule has 2 aromatic rings. The number of aryl methyl sites for hydroxylation is 1. The quantitative estimate of drug-likeness (QED) is 0.863. The van der Waals surface area contributed by atoms with E-state index in [2.05, 4.69) is 19.9 Å². The fraction of sp³-hybridized carbons (Fsp3) is 0.333. The Balaban J connectivity index is 2.18. The van der Waals surface area contributed by atoms with Crippen LogP contribution >= 0.6 is 11.6 Å². The van der Waals surface area contributed by atoms with Gasteiger partial charge in [-0.2, -0.15) is 4.98 Å². The number of aromatic nitrogens is 3. The van der Waals surface area contributed by atoms with E-state index in [1.165, 1.54) is 0 Å². The first-order valence-corrected chi connectivity index (χ1v) is 8.01. The molecule has 0 radical (unpaired) electrons. The van der Waals surface area contributed by atoms with Crippen molar-refractivity contribution in [3.8, 4) is 0 Å². The van der Waals surface area contributed by atoms with Gasteiger partial charge in [-0.3, -0.25) is 5.10 Å². The number of rotatable bonds is 5. The van der Waals surface area contributed by atoms with Crippen LogP contribution in [0, 0.1) is 6.92 Å². The van der Waals surface area contributed by atoms with Crippen molar-refractivity contribution in [3.05, 3.63) is 34.6 Å². The van der Waals surface area contributed by atoms with Crippen molar-refractivity contribution in [1.29, 1.82) is 0 Å². The van der Waals surface area contributed by atoms with E-state index < -0.39 is 10.0 Å². The minimum absolute atomic E-state index is 0.00777. The summed E-state index contributed by atoms with van der Waals surface area (Å²) in [5, 5.41) is 6.82. The Morgan fingerprint density at radius 1 is 1.38 bits per heavy atom. The van der Waals surface area contributed by atoms with Gasteiger partial charge in [0.05, 0.1) is 11.6 Å². The van der Waals surface area contributed by atoms with Crippen LogP contribution in [0.25, 0.3) is 0 Å². The number of sulfonamides is 1. The zero-order valence-electron chi connectivity index (χ0n) is 11.9. The topological polar surface area (TPSA) is 91.0 Å². The highest BCUT2D eigenvalue weighted by Crippen LogP contribution is 2.24. The van der Waals surface area contributed by atoms with E-state index >= 15 is 0 Å². The molecule has 0 atom stereocenters. The average Bonchev–Trinajstić information content (AvgIpc) is 2.85. The molecule has 7 nitrogen and oxygen atoms in total. The van der Waals surface area contributed by atoms with Gasteiger partial charge in [-0.1, -0.05) is 23.7 Å². The molecule has 0 fully saturated rings. The lowest BCUT2D eigenvalue weighted by Crippen LogP contribution is -2.25. The second-order valence-corrected chi connectivity index (χ2v) is 6.80. The van der Waals surface area contributed by atoms with Crippen molar-refractivity contribution in [2.45, 2.75) is 18.4 Å². The van der Waals surface area contributed by atoms with E-state index in [4.69, 9.17) is 11.6 Å². The van der Waals surface area contributed by atoms with Crippen LogP contribution in [-0.4, -0.2) is 37.7 Å². The second kappa shape index (κ2) is 6.00. The van der Waals surface area contributed by atoms with Gasteiger partial charge in [-0.15, -0.1) is 5.10 Å². The number of hydrogen-bond acceptors (Lipinski definition) is 5. The maximum atomic E-state index is 12.3. The lowest BCUT2D eigenvalue weighted by atomic mass is 10.2. The van der Waals surface area contributed by atoms with Crippen molar-refractivity contribution in [2.75, 3.05) is 19.0 Å². The maximum Gasteiger partial charge on any atom is 0.244 e. The summed E-state index contributed by atoms with van der Waals surface area (Å²) in [4.78, 5) is 5.95. The molecular formula is C12H16ClN5O2S. The predicted octanol–water partition coefficient (Wildman–Crippen LogP) is 1.31. The molecule has 2 rings (SSSR count). The number of H-pyrrole nitrogens is 1.